The first-order valence-electron chi connectivity index (χ1n) is 9.12. The van der Waals surface area contributed by atoms with Crippen LogP contribution in [0.25, 0.3) is 0 Å². The lowest BCUT2D eigenvalue weighted by Crippen LogP contribution is -2.40. The first kappa shape index (κ1) is 25.0. The van der Waals surface area contributed by atoms with Gasteiger partial charge in [-0.2, -0.15) is 0 Å². The third-order valence-electron chi connectivity index (χ3n) is 4.70. The lowest BCUT2D eigenvalue weighted by Gasteiger charge is -2.27. The summed E-state index contributed by atoms with van der Waals surface area (Å²) in [5.74, 6) is 0.924. The number of likely N-dealkylation sites (N-methyl/N-ethyl adjacent to an activating group) is 1. The first-order valence-corrected chi connectivity index (χ1v) is 9.12. The van der Waals surface area contributed by atoms with Crippen LogP contribution >= 0.6 is 24.8 Å². The van der Waals surface area contributed by atoms with E-state index in [2.05, 4.69) is 36.3 Å². The molecule has 1 aromatic rings. The Balaban J connectivity index is 0.00000312. The zero-order valence-corrected chi connectivity index (χ0v) is 17.6. The Labute approximate surface area is 170 Å². The summed E-state index contributed by atoms with van der Waals surface area (Å²) in [6, 6.07) is 8.10. The number of piperidine rings is 1. The predicted octanol–water partition coefficient (Wildman–Crippen LogP) is 3.58. The first-order chi connectivity index (χ1) is 11.6. The highest BCUT2D eigenvalue weighted by Gasteiger charge is 2.25. The van der Waals surface area contributed by atoms with Crippen molar-refractivity contribution in [1.82, 2.24) is 10.2 Å². The molecule has 0 spiro atoms. The van der Waals surface area contributed by atoms with Gasteiger partial charge in [0.1, 0.15) is 12.4 Å². The number of rotatable bonds is 8. The van der Waals surface area contributed by atoms with Gasteiger partial charge in [-0.1, -0.05) is 26.0 Å². The number of hydrogen-bond donors (Lipinski definition) is 2. The summed E-state index contributed by atoms with van der Waals surface area (Å²) in [6.07, 6.45) is 1.78. The van der Waals surface area contributed by atoms with Gasteiger partial charge < -0.3 is 20.3 Å². The molecule has 0 aromatic heterocycles. The molecule has 7 heteroatoms. The topological polar surface area (TPSA) is 53.6 Å². The smallest absolute Gasteiger partial charge is 0.227 e. The van der Waals surface area contributed by atoms with E-state index in [0.717, 1.165) is 50.5 Å². The second-order valence-electron chi connectivity index (χ2n) is 6.44. The molecule has 2 N–H and O–H groups in total. The zero-order valence-electron chi connectivity index (χ0n) is 16.0. The van der Waals surface area contributed by atoms with Gasteiger partial charge in [0.2, 0.25) is 5.91 Å². The number of carbonyl (C=O) groups excluding carboxylic acids is 1. The van der Waals surface area contributed by atoms with Gasteiger partial charge in [-0.05, 0) is 51.5 Å². The van der Waals surface area contributed by atoms with E-state index in [1.807, 2.05) is 24.3 Å². The van der Waals surface area contributed by atoms with Crippen LogP contribution in [0.1, 0.15) is 33.6 Å². The lowest BCUT2D eigenvalue weighted by atomic mass is 9.92. The van der Waals surface area contributed by atoms with Gasteiger partial charge in [0.05, 0.1) is 5.69 Å². The maximum atomic E-state index is 12.5. The summed E-state index contributed by atoms with van der Waals surface area (Å²) in [4.78, 5) is 14.9. The highest BCUT2D eigenvalue weighted by molar-refractivity contribution is 5.94. The number of carbonyl (C=O) groups is 1. The van der Waals surface area contributed by atoms with E-state index in [4.69, 9.17) is 4.74 Å². The fourth-order valence-corrected chi connectivity index (χ4v) is 3.13. The molecular weight excluding hydrogens is 373 g/mol. The summed E-state index contributed by atoms with van der Waals surface area (Å²) in [5, 5.41) is 6.44. The van der Waals surface area contributed by atoms with E-state index < -0.39 is 0 Å². The average molecular weight is 406 g/mol. The Kier molecular flexibility index (Phi) is 12.7. The van der Waals surface area contributed by atoms with Crippen molar-refractivity contribution in [3.8, 4) is 5.75 Å². The average Bonchev–Trinajstić information content (AvgIpc) is 2.60. The molecule has 2 atom stereocenters. The molecule has 0 radical (unpaired) electrons. The number of halogens is 2. The van der Waals surface area contributed by atoms with Crippen LogP contribution in [0.5, 0.6) is 5.75 Å². The van der Waals surface area contributed by atoms with Crippen molar-refractivity contribution in [2.24, 2.45) is 5.92 Å². The van der Waals surface area contributed by atoms with Crippen molar-refractivity contribution in [2.75, 3.05) is 38.1 Å². The number of ether oxygens (including phenoxy) is 1. The molecule has 0 saturated carbocycles. The molecule has 150 valence electrons. The van der Waals surface area contributed by atoms with Crippen LogP contribution in [0.2, 0.25) is 0 Å². The summed E-state index contributed by atoms with van der Waals surface area (Å²) in [5.41, 5.74) is 0.772. The lowest BCUT2D eigenvalue weighted by molar-refractivity contribution is -0.120. The van der Waals surface area contributed by atoms with Crippen molar-refractivity contribution in [1.29, 1.82) is 0 Å². The molecule has 0 bridgehead atoms. The van der Waals surface area contributed by atoms with Gasteiger partial charge in [0.25, 0.3) is 0 Å². The van der Waals surface area contributed by atoms with Crippen LogP contribution in [0.15, 0.2) is 24.3 Å². The Bertz CT molecular complexity index is 527. The minimum Gasteiger partial charge on any atom is -0.490 e. The second kappa shape index (κ2) is 13.2. The monoisotopic (exact) mass is 405 g/mol. The van der Waals surface area contributed by atoms with E-state index in [-0.39, 0.29) is 36.6 Å². The molecule has 0 unspecified atom stereocenters. The van der Waals surface area contributed by atoms with Crippen LogP contribution in [-0.2, 0) is 4.79 Å². The Morgan fingerprint density at radius 1 is 1.27 bits per heavy atom. The molecule has 1 heterocycles. The van der Waals surface area contributed by atoms with Crippen molar-refractivity contribution in [2.45, 2.75) is 39.7 Å². The summed E-state index contributed by atoms with van der Waals surface area (Å²) in [7, 11) is 0. The number of para-hydroxylation sites is 2. The summed E-state index contributed by atoms with van der Waals surface area (Å²) in [6.45, 7) is 10.9. The molecule has 1 aromatic carbocycles. The minimum atomic E-state index is 0. The maximum Gasteiger partial charge on any atom is 0.227 e. The van der Waals surface area contributed by atoms with E-state index in [9.17, 15) is 4.79 Å². The van der Waals surface area contributed by atoms with Gasteiger partial charge in [-0.15, -0.1) is 24.8 Å². The Morgan fingerprint density at radius 3 is 2.62 bits per heavy atom. The SMILES string of the molecule is CCN(CC)CCOc1ccccc1NC(=O)[C@H]1CCN[C@@H](C)C1.Cl.Cl. The van der Waals surface area contributed by atoms with Gasteiger partial charge >= 0.3 is 0 Å². The number of nitrogens with zero attached hydrogens (tertiary/aromatic N) is 1. The number of amides is 1. The van der Waals surface area contributed by atoms with E-state index in [1.165, 1.54) is 0 Å². The standard InChI is InChI=1S/C19H31N3O2.2ClH/c1-4-22(5-2)12-13-24-18-9-7-6-8-17(18)21-19(23)16-10-11-20-15(3)14-16;;/h6-9,15-16,20H,4-5,10-14H2,1-3H3,(H,21,23);2*1H/t15-,16-;;/m0../s1. The highest BCUT2D eigenvalue weighted by atomic mass is 35.5. The fourth-order valence-electron chi connectivity index (χ4n) is 3.13. The molecule has 1 aliphatic heterocycles. The van der Waals surface area contributed by atoms with E-state index in [1.54, 1.807) is 0 Å². The zero-order chi connectivity index (χ0) is 17.4. The largest absolute Gasteiger partial charge is 0.490 e. The molecule has 1 amide bonds. The van der Waals surface area contributed by atoms with Gasteiger partial charge in [-0.25, -0.2) is 0 Å². The molecule has 1 fully saturated rings. The summed E-state index contributed by atoms with van der Waals surface area (Å²) >= 11 is 0. The second-order valence-corrected chi connectivity index (χ2v) is 6.44. The van der Waals surface area contributed by atoms with Crippen LogP contribution in [0.4, 0.5) is 5.69 Å². The van der Waals surface area contributed by atoms with E-state index in [0.29, 0.717) is 12.6 Å². The van der Waals surface area contributed by atoms with Crippen LogP contribution in [0.3, 0.4) is 0 Å². The molecule has 0 aliphatic carbocycles. The predicted molar refractivity (Wildman–Crippen MR) is 113 cm³/mol. The van der Waals surface area contributed by atoms with Crippen molar-refractivity contribution in [3.63, 3.8) is 0 Å². The highest BCUT2D eigenvalue weighted by Crippen LogP contribution is 2.26. The Morgan fingerprint density at radius 2 is 1.96 bits per heavy atom. The third kappa shape index (κ3) is 7.70. The van der Waals surface area contributed by atoms with Crippen molar-refractivity contribution >= 4 is 36.4 Å². The van der Waals surface area contributed by atoms with Gasteiger partial charge in [0, 0.05) is 18.5 Å². The molecule has 1 saturated heterocycles. The summed E-state index contributed by atoms with van der Waals surface area (Å²) < 4.78 is 5.91. The van der Waals surface area contributed by atoms with Gasteiger partial charge in [0.15, 0.2) is 0 Å². The number of nitrogens with one attached hydrogen (secondary N) is 2. The van der Waals surface area contributed by atoms with Gasteiger partial charge in [-0.3, -0.25) is 4.79 Å². The van der Waals surface area contributed by atoms with E-state index >= 15 is 0 Å². The molecule has 26 heavy (non-hydrogen) atoms. The van der Waals surface area contributed by atoms with Crippen molar-refractivity contribution in [3.05, 3.63) is 24.3 Å². The van der Waals surface area contributed by atoms with Crippen LogP contribution < -0.4 is 15.4 Å². The van der Waals surface area contributed by atoms with Crippen molar-refractivity contribution < 1.29 is 9.53 Å². The molecule has 5 nitrogen and oxygen atoms in total. The number of hydrogen-bond acceptors (Lipinski definition) is 4. The quantitative estimate of drug-likeness (QED) is 0.693. The Hall–Kier alpha value is -1.01. The number of anilines is 1. The normalized spacial score (nSPS) is 19.2. The third-order valence-corrected chi connectivity index (χ3v) is 4.70. The maximum absolute atomic E-state index is 12.5. The number of benzene rings is 1. The van der Waals surface area contributed by atoms with Crippen LogP contribution in [-0.4, -0.2) is 49.6 Å². The minimum absolute atomic E-state index is 0. The molecule has 1 aliphatic rings. The van der Waals surface area contributed by atoms with Crippen LogP contribution in [0, 0.1) is 5.92 Å². The molecule has 2 rings (SSSR count). The fraction of sp³-hybridized carbons (Fsp3) is 0.632. The molecular formula is C19H33Cl2N3O2.